The van der Waals surface area contributed by atoms with Gasteiger partial charge in [-0.3, -0.25) is 0 Å². The van der Waals surface area contributed by atoms with Gasteiger partial charge in [-0.05, 0) is 69.8 Å². The molecular formula is C27H29NO3. The molecule has 4 rings (SSSR count). The van der Waals surface area contributed by atoms with Crippen molar-refractivity contribution in [2.45, 2.75) is 51.4 Å². The molecular weight excluding hydrogens is 386 g/mol. The average Bonchev–Trinajstić information content (AvgIpc) is 2.74. The first-order valence-electron chi connectivity index (χ1n) is 10.7. The van der Waals surface area contributed by atoms with E-state index in [0.717, 1.165) is 34.0 Å². The maximum atomic E-state index is 11.3. The van der Waals surface area contributed by atoms with E-state index in [9.17, 15) is 9.90 Å². The van der Waals surface area contributed by atoms with Crippen LogP contribution < -0.4 is 0 Å². The summed E-state index contributed by atoms with van der Waals surface area (Å²) >= 11 is 0. The zero-order valence-electron chi connectivity index (χ0n) is 18.8. The molecule has 1 N–H and O–H groups in total. The smallest absolute Gasteiger partial charge is 0.335 e. The lowest BCUT2D eigenvalue weighted by Gasteiger charge is -2.42. The number of nitrogens with zero attached hydrogens (tertiary/aromatic N) is 1. The summed E-state index contributed by atoms with van der Waals surface area (Å²) in [5.74, 6) is -0.924. The summed E-state index contributed by atoms with van der Waals surface area (Å²) in [6.07, 6.45) is 2.32. The number of carboxylic acid groups (broad SMARTS) is 1. The fourth-order valence-corrected chi connectivity index (χ4v) is 4.63. The van der Waals surface area contributed by atoms with Crippen molar-refractivity contribution in [1.29, 1.82) is 0 Å². The van der Waals surface area contributed by atoms with Gasteiger partial charge in [-0.15, -0.1) is 0 Å². The minimum absolute atomic E-state index is 0.107. The second-order valence-corrected chi connectivity index (χ2v) is 9.73. The van der Waals surface area contributed by atoms with Crippen LogP contribution in [0.2, 0.25) is 0 Å². The van der Waals surface area contributed by atoms with E-state index in [4.69, 9.17) is 4.84 Å². The molecule has 1 aliphatic carbocycles. The molecule has 4 nitrogen and oxygen atoms in total. The highest BCUT2D eigenvalue weighted by Gasteiger charge is 2.37. The molecule has 0 spiro atoms. The predicted octanol–water partition coefficient (Wildman–Crippen LogP) is 6.29. The number of aromatic carboxylic acids is 1. The number of hydrogen-bond acceptors (Lipinski definition) is 3. The third-order valence-corrected chi connectivity index (χ3v) is 6.67. The summed E-state index contributed by atoms with van der Waals surface area (Å²) in [6, 6.07) is 17.8. The van der Waals surface area contributed by atoms with E-state index >= 15 is 0 Å². The summed E-state index contributed by atoms with van der Waals surface area (Å²) in [5, 5.41) is 15.5. The normalized spacial score (nSPS) is 17.3. The third-order valence-electron chi connectivity index (χ3n) is 6.67. The van der Waals surface area contributed by atoms with Gasteiger partial charge in [0.25, 0.3) is 0 Å². The number of benzene rings is 3. The lowest BCUT2D eigenvalue weighted by atomic mass is 9.63. The molecule has 3 aromatic rings. The Morgan fingerprint density at radius 3 is 1.94 bits per heavy atom. The predicted molar refractivity (Wildman–Crippen MR) is 125 cm³/mol. The van der Waals surface area contributed by atoms with Crippen molar-refractivity contribution in [1.82, 2.24) is 0 Å². The lowest BCUT2D eigenvalue weighted by Crippen LogP contribution is -2.34. The Hall–Kier alpha value is -3.14. The molecule has 0 heterocycles. The summed E-state index contributed by atoms with van der Waals surface area (Å²) < 4.78 is 0. The van der Waals surface area contributed by atoms with Gasteiger partial charge in [0, 0.05) is 11.1 Å². The molecule has 0 aliphatic heterocycles. The topological polar surface area (TPSA) is 58.9 Å². The maximum Gasteiger partial charge on any atom is 0.335 e. The molecule has 0 saturated carbocycles. The first-order chi connectivity index (χ1) is 14.6. The summed E-state index contributed by atoms with van der Waals surface area (Å²) in [6.45, 7) is 9.27. The molecule has 31 heavy (non-hydrogen) atoms. The Kier molecular flexibility index (Phi) is 5.12. The van der Waals surface area contributed by atoms with Crippen LogP contribution >= 0.6 is 0 Å². The first-order valence-corrected chi connectivity index (χ1v) is 10.7. The van der Waals surface area contributed by atoms with E-state index in [1.807, 2.05) is 24.3 Å². The fraction of sp³-hybridized carbons (Fsp3) is 0.333. The Balaban J connectivity index is 1.83. The Labute approximate surface area is 183 Å². The molecule has 0 saturated heterocycles. The molecule has 160 valence electrons. The number of oxime groups is 1. The lowest BCUT2D eigenvalue weighted by molar-refractivity contribution is 0.0697. The van der Waals surface area contributed by atoms with Gasteiger partial charge < -0.3 is 9.94 Å². The molecule has 0 aromatic heterocycles. The molecule has 0 radical (unpaired) electrons. The van der Waals surface area contributed by atoms with Gasteiger partial charge in [0.2, 0.25) is 0 Å². The van der Waals surface area contributed by atoms with Crippen LogP contribution in [0, 0.1) is 0 Å². The molecule has 1 aliphatic rings. The van der Waals surface area contributed by atoms with E-state index in [0.29, 0.717) is 0 Å². The van der Waals surface area contributed by atoms with Crippen molar-refractivity contribution in [2.24, 2.45) is 5.16 Å². The van der Waals surface area contributed by atoms with Crippen LogP contribution in [0.15, 0.2) is 59.8 Å². The van der Waals surface area contributed by atoms with Crippen LogP contribution in [-0.2, 0) is 15.7 Å². The SMILES string of the molecule is CO/N=C(/c1ccc2c(c1)C(C)(C)CCC2(C)C)c1ccc2cc(C(=O)O)ccc2c1. The second kappa shape index (κ2) is 7.52. The fourth-order valence-electron chi connectivity index (χ4n) is 4.63. The van der Waals surface area contributed by atoms with E-state index < -0.39 is 5.97 Å². The monoisotopic (exact) mass is 415 g/mol. The largest absolute Gasteiger partial charge is 0.478 e. The molecule has 0 unspecified atom stereocenters. The van der Waals surface area contributed by atoms with Crippen LogP contribution in [0.1, 0.15) is 73.1 Å². The summed E-state index contributed by atoms with van der Waals surface area (Å²) in [7, 11) is 1.56. The third kappa shape index (κ3) is 3.83. The standard InChI is InChI=1S/C27H29NO3/c1-26(2)12-13-27(3,4)23-16-20(10-11-22(23)26)24(28-31-5)19-8-6-18-15-21(25(29)30)9-7-17(18)14-19/h6-11,14-16H,12-13H2,1-5H3,(H,29,30)/b28-24+. The van der Waals surface area contributed by atoms with E-state index in [1.54, 1.807) is 19.2 Å². The van der Waals surface area contributed by atoms with Crippen LogP contribution in [0.3, 0.4) is 0 Å². The van der Waals surface area contributed by atoms with Gasteiger partial charge in [-0.2, -0.15) is 0 Å². The van der Waals surface area contributed by atoms with Gasteiger partial charge in [0.05, 0.1) is 5.56 Å². The minimum Gasteiger partial charge on any atom is -0.478 e. The van der Waals surface area contributed by atoms with Gasteiger partial charge in [-0.1, -0.05) is 63.2 Å². The van der Waals surface area contributed by atoms with Crippen molar-refractivity contribution in [3.05, 3.63) is 82.4 Å². The number of carboxylic acids is 1. The van der Waals surface area contributed by atoms with E-state index in [1.165, 1.54) is 17.5 Å². The molecule has 3 aromatic carbocycles. The zero-order valence-corrected chi connectivity index (χ0v) is 18.8. The van der Waals surface area contributed by atoms with Gasteiger partial charge >= 0.3 is 5.97 Å². The van der Waals surface area contributed by atoms with Crippen molar-refractivity contribution < 1.29 is 14.7 Å². The highest BCUT2D eigenvalue weighted by atomic mass is 16.6. The Bertz CT molecular complexity index is 1200. The van der Waals surface area contributed by atoms with Crippen molar-refractivity contribution in [2.75, 3.05) is 7.11 Å². The number of rotatable bonds is 4. The van der Waals surface area contributed by atoms with Crippen molar-refractivity contribution in [3.63, 3.8) is 0 Å². The highest BCUT2D eigenvalue weighted by Crippen LogP contribution is 2.46. The molecule has 4 heteroatoms. The van der Waals surface area contributed by atoms with Crippen molar-refractivity contribution in [3.8, 4) is 0 Å². The summed E-state index contributed by atoms with van der Waals surface area (Å²) in [4.78, 5) is 16.5. The van der Waals surface area contributed by atoms with Gasteiger partial charge in [0.15, 0.2) is 0 Å². The quantitative estimate of drug-likeness (QED) is 0.403. The van der Waals surface area contributed by atoms with Crippen LogP contribution in [0.25, 0.3) is 10.8 Å². The van der Waals surface area contributed by atoms with E-state index in [2.05, 4.69) is 51.0 Å². The van der Waals surface area contributed by atoms with E-state index in [-0.39, 0.29) is 16.4 Å². The second-order valence-electron chi connectivity index (χ2n) is 9.73. The van der Waals surface area contributed by atoms with Crippen LogP contribution in [-0.4, -0.2) is 23.9 Å². The number of carbonyl (C=O) groups is 1. The Morgan fingerprint density at radius 2 is 1.32 bits per heavy atom. The number of hydrogen-bond donors (Lipinski definition) is 1. The summed E-state index contributed by atoms with van der Waals surface area (Å²) in [5.41, 5.74) is 6.06. The first kappa shape index (κ1) is 21.1. The van der Waals surface area contributed by atoms with Crippen LogP contribution in [0.4, 0.5) is 0 Å². The molecule has 0 amide bonds. The van der Waals surface area contributed by atoms with Crippen molar-refractivity contribution >= 4 is 22.5 Å². The molecule has 0 fully saturated rings. The van der Waals surface area contributed by atoms with Gasteiger partial charge in [-0.25, -0.2) is 4.79 Å². The van der Waals surface area contributed by atoms with Crippen LogP contribution in [0.5, 0.6) is 0 Å². The minimum atomic E-state index is -0.924. The molecule has 0 atom stereocenters. The molecule has 0 bridgehead atoms. The maximum absolute atomic E-state index is 11.3. The average molecular weight is 416 g/mol. The van der Waals surface area contributed by atoms with Gasteiger partial charge in [0.1, 0.15) is 12.8 Å². The zero-order chi connectivity index (χ0) is 22.4. The number of fused-ring (bicyclic) bond motifs is 2. The highest BCUT2D eigenvalue weighted by molar-refractivity contribution is 6.14. The Morgan fingerprint density at radius 1 is 0.806 bits per heavy atom.